The molecule has 2 aromatic rings. The smallest absolute Gasteiger partial charge is 0.304 e. The molecule has 0 radical (unpaired) electrons. The van der Waals surface area contributed by atoms with Crippen molar-refractivity contribution in [3.63, 3.8) is 0 Å². The van der Waals surface area contributed by atoms with Crippen molar-refractivity contribution in [3.05, 3.63) is 69.5 Å². The molecule has 0 aliphatic rings. The highest BCUT2D eigenvalue weighted by Crippen LogP contribution is 2.25. The zero-order valence-electron chi connectivity index (χ0n) is 10.5. The lowest BCUT2D eigenvalue weighted by molar-refractivity contribution is -0.387. The minimum absolute atomic E-state index is 0.00148. The number of nitro groups is 1. The molecular weight excluding hydrogens is 281 g/mol. The highest BCUT2D eigenvalue weighted by molar-refractivity contribution is 7.98. The summed E-state index contributed by atoms with van der Waals surface area (Å²) in [6, 6.07) is 11.3. The molecule has 0 saturated heterocycles. The first-order valence-electron chi connectivity index (χ1n) is 5.85. The fourth-order valence-electron chi connectivity index (χ4n) is 1.65. The molecule has 0 heterocycles. The van der Waals surface area contributed by atoms with Crippen molar-refractivity contribution in [1.29, 1.82) is 0 Å². The molecule has 0 unspecified atom stereocenters. The average molecular weight is 293 g/mol. The second kappa shape index (κ2) is 6.49. The fraction of sp³-hybridized carbons (Fsp3) is 0.143. The van der Waals surface area contributed by atoms with Gasteiger partial charge in [0.15, 0.2) is 0 Å². The number of nitrogens with zero attached hydrogens (tertiary/aromatic N) is 1. The quantitative estimate of drug-likeness (QED) is 0.520. The molecular formula is C14H12FNO3S. The predicted molar refractivity (Wildman–Crippen MR) is 75.0 cm³/mol. The number of hydrogen-bond donors (Lipinski definition) is 1. The van der Waals surface area contributed by atoms with Crippen molar-refractivity contribution in [2.45, 2.75) is 17.3 Å². The van der Waals surface area contributed by atoms with E-state index in [4.69, 9.17) is 5.11 Å². The minimum atomic E-state index is -0.816. The third-order valence-corrected chi connectivity index (χ3v) is 3.80. The Morgan fingerprint density at radius 3 is 2.35 bits per heavy atom. The first-order valence-corrected chi connectivity index (χ1v) is 6.84. The van der Waals surface area contributed by atoms with Gasteiger partial charge in [0.1, 0.15) is 0 Å². The van der Waals surface area contributed by atoms with Gasteiger partial charge in [-0.05, 0) is 29.3 Å². The van der Waals surface area contributed by atoms with E-state index in [0.29, 0.717) is 11.3 Å². The van der Waals surface area contributed by atoms with Gasteiger partial charge in [-0.15, -0.1) is 11.8 Å². The van der Waals surface area contributed by atoms with E-state index in [0.717, 1.165) is 10.5 Å². The van der Waals surface area contributed by atoms with Gasteiger partial charge >= 0.3 is 5.69 Å². The van der Waals surface area contributed by atoms with Crippen LogP contribution < -0.4 is 0 Å². The Hall–Kier alpha value is -1.92. The molecule has 0 aliphatic heterocycles. The number of benzene rings is 2. The number of halogens is 1. The standard InChI is InChI=1S/C14H12FNO3S/c15-13-7-11(3-6-14(13)16(18)19)9-20-12-4-1-10(8-17)2-5-12/h1-7,17H,8-9H2. The van der Waals surface area contributed by atoms with Gasteiger partial charge in [0.25, 0.3) is 0 Å². The van der Waals surface area contributed by atoms with E-state index in [-0.39, 0.29) is 6.61 Å². The maximum atomic E-state index is 13.4. The topological polar surface area (TPSA) is 63.4 Å². The Labute approximate surface area is 119 Å². The van der Waals surface area contributed by atoms with Gasteiger partial charge in [0.2, 0.25) is 5.82 Å². The van der Waals surface area contributed by atoms with Crippen molar-refractivity contribution in [2.75, 3.05) is 0 Å². The van der Waals surface area contributed by atoms with E-state index in [1.807, 2.05) is 24.3 Å². The van der Waals surface area contributed by atoms with Crippen LogP contribution in [0.1, 0.15) is 11.1 Å². The molecule has 0 aromatic heterocycles. The molecule has 0 atom stereocenters. The van der Waals surface area contributed by atoms with Gasteiger partial charge in [-0.2, -0.15) is 4.39 Å². The molecule has 0 fully saturated rings. The average Bonchev–Trinajstić information content (AvgIpc) is 2.45. The van der Waals surface area contributed by atoms with Crippen molar-refractivity contribution in [1.82, 2.24) is 0 Å². The summed E-state index contributed by atoms with van der Waals surface area (Å²) in [4.78, 5) is 10.8. The normalized spacial score (nSPS) is 10.5. The van der Waals surface area contributed by atoms with E-state index in [1.165, 1.54) is 23.9 Å². The predicted octanol–water partition coefficient (Wildman–Crippen LogP) is 3.52. The first-order chi connectivity index (χ1) is 9.60. The number of aliphatic hydroxyl groups excluding tert-OH is 1. The maximum Gasteiger partial charge on any atom is 0.304 e. The van der Waals surface area contributed by atoms with E-state index in [9.17, 15) is 14.5 Å². The highest BCUT2D eigenvalue weighted by Gasteiger charge is 2.13. The fourth-order valence-corrected chi connectivity index (χ4v) is 2.49. The lowest BCUT2D eigenvalue weighted by atomic mass is 10.2. The van der Waals surface area contributed by atoms with Crippen LogP contribution in [-0.2, 0) is 12.4 Å². The van der Waals surface area contributed by atoms with Crippen LogP contribution in [0.2, 0.25) is 0 Å². The number of thioether (sulfide) groups is 1. The summed E-state index contributed by atoms with van der Waals surface area (Å²) in [5.41, 5.74) is 1.01. The van der Waals surface area contributed by atoms with Crippen LogP contribution in [0.15, 0.2) is 47.4 Å². The molecule has 0 saturated carbocycles. The van der Waals surface area contributed by atoms with Gasteiger partial charge in [-0.1, -0.05) is 18.2 Å². The summed E-state index contributed by atoms with van der Waals surface area (Å²) in [5.74, 6) is -0.295. The van der Waals surface area contributed by atoms with Crippen LogP contribution in [0.25, 0.3) is 0 Å². The molecule has 6 heteroatoms. The van der Waals surface area contributed by atoms with Crippen molar-refractivity contribution < 1.29 is 14.4 Å². The highest BCUT2D eigenvalue weighted by atomic mass is 32.2. The minimum Gasteiger partial charge on any atom is -0.392 e. The third kappa shape index (κ3) is 3.55. The van der Waals surface area contributed by atoms with Crippen LogP contribution in [0, 0.1) is 15.9 Å². The van der Waals surface area contributed by atoms with Crippen LogP contribution in [-0.4, -0.2) is 10.0 Å². The van der Waals surface area contributed by atoms with Crippen molar-refractivity contribution in [3.8, 4) is 0 Å². The summed E-state index contributed by atoms with van der Waals surface area (Å²) in [5, 5.41) is 19.4. The Balaban J connectivity index is 2.03. The monoisotopic (exact) mass is 293 g/mol. The summed E-state index contributed by atoms with van der Waals surface area (Å²) < 4.78 is 13.4. The van der Waals surface area contributed by atoms with Gasteiger partial charge < -0.3 is 5.11 Å². The maximum absolute atomic E-state index is 13.4. The van der Waals surface area contributed by atoms with Gasteiger partial charge in [0.05, 0.1) is 11.5 Å². The Morgan fingerprint density at radius 2 is 1.80 bits per heavy atom. The Morgan fingerprint density at radius 1 is 1.15 bits per heavy atom. The number of hydrogen-bond acceptors (Lipinski definition) is 4. The number of aliphatic hydroxyl groups is 1. The molecule has 2 rings (SSSR count). The van der Waals surface area contributed by atoms with E-state index in [2.05, 4.69) is 0 Å². The summed E-state index contributed by atoms with van der Waals surface area (Å²) >= 11 is 1.50. The molecule has 1 N–H and O–H groups in total. The molecule has 2 aromatic carbocycles. The molecule has 0 amide bonds. The van der Waals surface area contributed by atoms with Crippen molar-refractivity contribution in [2.24, 2.45) is 0 Å². The molecule has 0 spiro atoms. The zero-order valence-corrected chi connectivity index (χ0v) is 11.3. The first kappa shape index (κ1) is 14.5. The third-order valence-electron chi connectivity index (χ3n) is 2.72. The molecule has 4 nitrogen and oxygen atoms in total. The molecule has 20 heavy (non-hydrogen) atoms. The van der Waals surface area contributed by atoms with Crippen molar-refractivity contribution >= 4 is 17.4 Å². The van der Waals surface area contributed by atoms with Crippen LogP contribution in [0.5, 0.6) is 0 Å². The largest absolute Gasteiger partial charge is 0.392 e. The Bertz CT molecular complexity index is 616. The van der Waals surface area contributed by atoms with Gasteiger partial charge in [0, 0.05) is 16.7 Å². The molecule has 0 aliphatic carbocycles. The molecule has 0 bridgehead atoms. The Kier molecular flexibility index (Phi) is 4.70. The second-order valence-electron chi connectivity index (χ2n) is 4.13. The van der Waals surface area contributed by atoms with Crippen LogP contribution in [0.3, 0.4) is 0 Å². The number of nitro benzene ring substituents is 1. The van der Waals surface area contributed by atoms with E-state index in [1.54, 1.807) is 6.07 Å². The van der Waals surface area contributed by atoms with Crippen LogP contribution in [0.4, 0.5) is 10.1 Å². The van der Waals surface area contributed by atoms with E-state index < -0.39 is 16.4 Å². The summed E-state index contributed by atoms with van der Waals surface area (Å²) in [7, 11) is 0. The summed E-state index contributed by atoms with van der Waals surface area (Å²) in [6.45, 7) is -0.00148. The zero-order chi connectivity index (χ0) is 14.5. The summed E-state index contributed by atoms with van der Waals surface area (Å²) in [6.07, 6.45) is 0. The number of rotatable bonds is 5. The van der Waals surface area contributed by atoms with Gasteiger partial charge in [-0.3, -0.25) is 10.1 Å². The van der Waals surface area contributed by atoms with E-state index >= 15 is 0 Å². The molecule has 104 valence electrons. The second-order valence-corrected chi connectivity index (χ2v) is 5.18. The van der Waals surface area contributed by atoms with Gasteiger partial charge in [-0.25, -0.2) is 0 Å². The lowest BCUT2D eigenvalue weighted by Crippen LogP contribution is -1.93. The lowest BCUT2D eigenvalue weighted by Gasteiger charge is -2.04. The SMILES string of the molecule is O=[N+]([O-])c1ccc(CSc2ccc(CO)cc2)cc1F. The van der Waals surface area contributed by atoms with Crippen LogP contribution >= 0.6 is 11.8 Å².